The Morgan fingerprint density at radius 1 is 1.31 bits per heavy atom. The maximum absolute atomic E-state index is 12.7. The largest absolute Gasteiger partial charge is 0.488 e. The molecule has 1 saturated heterocycles. The van der Waals surface area contributed by atoms with Crippen LogP contribution in [0.5, 0.6) is 11.6 Å². The number of carbonyl (C=O) groups excluding carboxylic acids is 1. The summed E-state index contributed by atoms with van der Waals surface area (Å²) in [5.41, 5.74) is 1.44. The van der Waals surface area contributed by atoms with Crippen LogP contribution in [0.4, 0.5) is 0 Å². The molecule has 1 aliphatic heterocycles. The number of amides is 1. The van der Waals surface area contributed by atoms with Crippen LogP contribution in [0.25, 0.3) is 0 Å². The molecule has 2 aromatic rings. The summed E-state index contributed by atoms with van der Waals surface area (Å²) in [5.74, 6) is 1.06. The highest BCUT2D eigenvalue weighted by Gasteiger charge is 2.30. The Morgan fingerprint density at radius 2 is 2.15 bits per heavy atom. The van der Waals surface area contributed by atoms with Crippen LogP contribution in [0.15, 0.2) is 36.7 Å². The van der Waals surface area contributed by atoms with Crippen molar-refractivity contribution in [2.75, 3.05) is 34.3 Å². The van der Waals surface area contributed by atoms with Crippen molar-refractivity contribution in [3.63, 3.8) is 0 Å². The van der Waals surface area contributed by atoms with Crippen LogP contribution in [0.1, 0.15) is 22.5 Å². The molecule has 0 spiro atoms. The normalized spacial score (nSPS) is 16.8. The minimum Gasteiger partial charge on any atom is -0.488 e. The van der Waals surface area contributed by atoms with E-state index >= 15 is 0 Å². The molecule has 138 valence electrons. The molecule has 3 rings (SSSR count). The first-order chi connectivity index (χ1) is 12.6. The number of rotatable bonds is 6. The van der Waals surface area contributed by atoms with Crippen molar-refractivity contribution in [3.05, 3.63) is 47.9 Å². The van der Waals surface area contributed by atoms with E-state index in [-0.39, 0.29) is 12.0 Å². The summed E-state index contributed by atoms with van der Waals surface area (Å²) in [7, 11) is 5.52. The first-order valence-corrected chi connectivity index (χ1v) is 8.61. The summed E-state index contributed by atoms with van der Waals surface area (Å²) in [5, 5.41) is 0. The molecule has 1 fully saturated rings. The summed E-state index contributed by atoms with van der Waals surface area (Å²) in [6, 6.07) is 7.28. The van der Waals surface area contributed by atoms with Crippen LogP contribution in [0.3, 0.4) is 0 Å². The van der Waals surface area contributed by atoms with E-state index in [1.807, 2.05) is 26.2 Å². The van der Waals surface area contributed by atoms with Gasteiger partial charge < -0.3 is 19.3 Å². The SMILES string of the molecule is COc1ncccc1C(=O)N1CCC(Oc2ccnc(CN(C)C)c2)C1. The number of pyridine rings is 2. The van der Waals surface area contributed by atoms with Gasteiger partial charge in [0, 0.05) is 38.0 Å². The molecule has 3 heterocycles. The van der Waals surface area contributed by atoms with Crippen molar-refractivity contribution < 1.29 is 14.3 Å². The third-order valence-corrected chi connectivity index (χ3v) is 4.20. The van der Waals surface area contributed by atoms with E-state index in [1.54, 1.807) is 29.4 Å². The molecule has 1 aliphatic rings. The summed E-state index contributed by atoms with van der Waals surface area (Å²) in [6.07, 6.45) is 4.13. The van der Waals surface area contributed by atoms with Crippen LogP contribution >= 0.6 is 0 Å². The molecule has 0 N–H and O–H groups in total. The van der Waals surface area contributed by atoms with Gasteiger partial charge in [-0.25, -0.2) is 4.98 Å². The second-order valence-corrected chi connectivity index (χ2v) is 6.56. The molecular formula is C19H24N4O3. The van der Waals surface area contributed by atoms with E-state index in [4.69, 9.17) is 9.47 Å². The highest BCUT2D eigenvalue weighted by molar-refractivity contribution is 5.96. The predicted octanol–water partition coefficient (Wildman–Crippen LogP) is 1.84. The molecule has 2 aromatic heterocycles. The van der Waals surface area contributed by atoms with E-state index in [0.717, 1.165) is 24.4 Å². The molecule has 0 radical (unpaired) electrons. The lowest BCUT2D eigenvalue weighted by Gasteiger charge is -2.18. The van der Waals surface area contributed by atoms with Crippen LogP contribution in [-0.2, 0) is 6.54 Å². The van der Waals surface area contributed by atoms with Gasteiger partial charge in [-0.2, -0.15) is 0 Å². The zero-order chi connectivity index (χ0) is 18.5. The lowest BCUT2D eigenvalue weighted by atomic mass is 10.2. The fourth-order valence-electron chi connectivity index (χ4n) is 3.03. The highest BCUT2D eigenvalue weighted by Crippen LogP contribution is 2.23. The van der Waals surface area contributed by atoms with Crippen molar-refractivity contribution in [1.82, 2.24) is 19.8 Å². The summed E-state index contributed by atoms with van der Waals surface area (Å²) in [4.78, 5) is 25.0. The average molecular weight is 356 g/mol. The number of ether oxygens (including phenoxy) is 2. The Balaban J connectivity index is 1.63. The molecule has 7 nitrogen and oxygen atoms in total. The van der Waals surface area contributed by atoms with Crippen molar-refractivity contribution >= 4 is 5.91 Å². The topological polar surface area (TPSA) is 67.8 Å². The second-order valence-electron chi connectivity index (χ2n) is 6.56. The molecule has 0 aliphatic carbocycles. The van der Waals surface area contributed by atoms with E-state index in [1.165, 1.54) is 7.11 Å². The van der Waals surface area contributed by atoms with E-state index < -0.39 is 0 Å². The minimum absolute atomic E-state index is 0.0313. The van der Waals surface area contributed by atoms with Crippen LogP contribution in [0.2, 0.25) is 0 Å². The smallest absolute Gasteiger partial charge is 0.259 e. The Kier molecular flexibility index (Phi) is 5.68. The Labute approximate surface area is 153 Å². The predicted molar refractivity (Wildman–Crippen MR) is 97.4 cm³/mol. The minimum atomic E-state index is -0.0796. The number of hydrogen-bond acceptors (Lipinski definition) is 6. The van der Waals surface area contributed by atoms with Gasteiger partial charge in [0.1, 0.15) is 17.4 Å². The van der Waals surface area contributed by atoms with Crippen LogP contribution in [-0.4, -0.2) is 66.1 Å². The van der Waals surface area contributed by atoms with E-state index in [2.05, 4.69) is 14.9 Å². The van der Waals surface area contributed by atoms with Crippen molar-refractivity contribution in [2.45, 2.75) is 19.1 Å². The number of aromatic nitrogens is 2. The van der Waals surface area contributed by atoms with Gasteiger partial charge in [0.2, 0.25) is 5.88 Å². The number of carbonyl (C=O) groups is 1. The molecule has 0 saturated carbocycles. The first kappa shape index (κ1) is 18.1. The molecule has 26 heavy (non-hydrogen) atoms. The van der Waals surface area contributed by atoms with Gasteiger partial charge in [0.25, 0.3) is 5.91 Å². The summed E-state index contributed by atoms with van der Waals surface area (Å²) in [6.45, 7) is 1.95. The Bertz CT molecular complexity index is 766. The quantitative estimate of drug-likeness (QED) is 0.787. The number of hydrogen-bond donors (Lipinski definition) is 0. The van der Waals surface area contributed by atoms with Gasteiger partial charge in [0.15, 0.2) is 0 Å². The number of nitrogens with zero attached hydrogens (tertiary/aromatic N) is 4. The van der Waals surface area contributed by atoms with Gasteiger partial charge in [-0.1, -0.05) is 0 Å². The molecule has 1 amide bonds. The fraction of sp³-hybridized carbons (Fsp3) is 0.421. The van der Waals surface area contributed by atoms with Gasteiger partial charge in [0.05, 0.1) is 19.3 Å². The molecule has 0 aromatic carbocycles. The summed E-state index contributed by atoms with van der Waals surface area (Å²) >= 11 is 0. The molecule has 1 unspecified atom stereocenters. The van der Waals surface area contributed by atoms with Crippen LogP contribution < -0.4 is 9.47 Å². The van der Waals surface area contributed by atoms with Crippen molar-refractivity contribution in [2.24, 2.45) is 0 Å². The molecule has 7 heteroatoms. The molecular weight excluding hydrogens is 332 g/mol. The highest BCUT2D eigenvalue weighted by atomic mass is 16.5. The summed E-state index contributed by atoms with van der Waals surface area (Å²) < 4.78 is 11.3. The van der Waals surface area contributed by atoms with Crippen molar-refractivity contribution in [3.8, 4) is 11.6 Å². The van der Waals surface area contributed by atoms with E-state index in [0.29, 0.717) is 24.5 Å². The molecule has 0 bridgehead atoms. The van der Waals surface area contributed by atoms with E-state index in [9.17, 15) is 4.79 Å². The molecule has 1 atom stereocenters. The monoisotopic (exact) mass is 356 g/mol. The van der Waals surface area contributed by atoms with Gasteiger partial charge in [-0.05, 0) is 32.3 Å². The zero-order valence-electron chi connectivity index (χ0n) is 15.4. The number of methoxy groups -OCH3 is 1. The van der Waals surface area contributed by atoms with Gasteiger partial charge >= 0.3 is 0 Å². The Morgan fingerprint density at radius 3 is 2.92 bits per heavy atom. The second kappa shape index (κ2) is 8.14. The van der Waals surface area contributed by atoms with Crippen LogP contribution in [0, 0.1) is 0 Å². The fourth-order valence-corrected chi connectivity index (χ4v) is 3.03. The lowest BCUT2D eigenvalue weighted by molar-refractivity contribution is 0.0768. The maximum Gasteiger partial charge on any atom is 0.259 e. The Hall–Kier alpha value is -2.67. The maximum atomic E-state index is 12.7. The standard InChI is InChI=1S/C19H24N4O3/c1-22(2)12-14-11-15(6-9-20-14)26-16-7-10-23(13-16)19(24)17-5-4-8-21-18(17)25-3/h4-6,8-9,11,16H,7,10,12-13H2,1-3H3. The number of likely N-dealkylation sites (tertiary alicyclic amines) is 1. The van der Waals surface area contributed by atoms with Gasteiger partial charge in [-0.3, -0.25) is 9.78 Å². The van der Waals surface area contributed by atoms with Crippen molar-refractivity contribution in [1.29, 1.82) is 0 Å². The first-order valence-electron chi connectivity index (χ1n) is 8.61. The van der Waals surface area contributed by atoms with Gasteiger partial charge in [-0.15, -0.1) is 0 Å². The third kappa shape index (κ3) is 4.29. The average Bonchev–Trinajstić information content (AvgIpc) is 3.09. The lowest BCUT2D eigenvalue weighted by Crippen LogP contribution is -2.31. The zero-order valence-corrected chi connectivity index (χ0v) is 15.4. The third-order valence-electron chi connectivity index (χ3n) is 4.20.